The second-order valence-electron chi connectivity index (χ2n) is 2.14. The third-order valence-corrected chi connectivity index (χ3v) is 1.23. The summed E-state index contributed by atoms with van der Waals surface area (Å²) in [6.07, 6.45) is -4.20. The normalized spacial score (nSPS) is 17.9. The summed E-state index contributed by atoms with van der Waals surface area (Å²) in [7, 11) is 0. The van der Waals surface area contributed by atoms with Crippen molar-refractivity contribution in [3.05, 3.63) is 0 Å². The fraction of sp³-hybridized carbons (Fsp3) is 0.600. The zero-order chi connectivity index (χ0) is 9.89. The van der Waals surface area contributed by atoms with Crippen LogP contribution < -0.4 is 5.73 Å². The molecular formula is C5H9NO6. The van der Waals surface area contributed by atoms with Crippen LogP contribution >= 0.6 is 0 Å². The molecule has 0 aliphatic rings. The molecule has 0 unspecified atom stereocenters. The van der Waals surface area contributed by atoms with Gasteiger partial charge in [-0.1, -0.05) is 0 Å². The molecule has 0 radical (unpaired) electrons. The molecular weight excluding hydrogens is 170 g/mol. The van der Waals surface area contributed by atoms with Crippen LogP contribution in [0.1, 0.15) is 0 Å². The molecule has 0 heterocycles. The van der Waals surface area contributed by atoms with Crippen LogP contribution in [0.3, 0.4) is 0 Å². The zero-order valence-corrected chi connectivity index (χ0v) is 5.91. The van der Waals surface area contributed by atoms with Crippen molar-refractivity contribution in [1.29, 1.82) is 0 Å². The smallest absolute Gasteiger partial charge is 0.335 e. The fourth-order valence-corrected chi connectivity index (χ4v) is 0.489. The van der Waals surface area contributed by atoms with E-state index in [-0.39, 0.29) is 0 Å². The SMILES string of the molecule is N[C@H](C(=O)O)[C@H](O)[C@@H](O)C(=O)O. The van der Waals surface area contributed by atoms with Crippen molar-refractivity contribution >= 4 is 11.9 Å². The van der Waals surface area contributed by atoms with Gasteiger partial charge in [0.2, 0.25) is 0 Å². The highest BCUT2D eigenvalue weighted by molar-refractivity contribution is 5.78. The predicted octanol–water partition coefficient (Wildman–Crippen LogP) is -2.80. The highest BCUT2D eigenvalue weighted by atomic mass is 16.4. The summed E-state index contributed by atoms with van der Waals surface area (Å²) in [6, 6.07) is -1.81. The van der Waals surface area contributed by atoms with Crippen molar-refractivity contribution in [2.75, 3.05) is 0 Å². The molecule has 0 spiro atoms. The third-order valence-electron chi connectivity index (χ3n) is 1.23. The Morgan fingerprint density at radius 1 is 1.08 bits per heavy atom. The Morgan fingerprint density at radius 3 is 1.75 bits per heavy atom. The lowest BCUT2D eigenvalue weighted by Crippen LogP contribution is -2.50. The molecule has 70 valence electrons. The topological polar surface area (TPSA) is 141 Å². The fourth-order valence-electron chi connectivity index (χ4n) is 0.489. The van der Waals surface area contributed by atoms with Crippen molar-refractivity contribution in [3.8, 4) is 0 Å². The summed E-state index contributed by atoms with van der Waals surface area (Å²) < 4.78 is 0. The van der Waals surface area contributed by atoms with Crippen molar-refractivity contribution in [3.63, 3.8) is 0 Å². The lowest BCUT2D eigenvalue weighted by atomic mass is 10.1. The molecule has 0 aromatic carbocycles. The van der Waals surface area contributed by atoms with E-state index in [9.17, 15) is 9.59 Å². The highest BCUT2D eigenvalue weighted by Gasteiger charge is 2.32. The molecule has 0 aromatic rings. The quantitative estimate of drug-likeness (QED) is 0.314. The number of aliphatic carboxylic acids is 2. The molecule has 7 heteroatoms. The molecule has 0 aliphatic heterocycles. The molecule has 0 saturated heterocycles. The van der Waals surface area contributed by atoms with Gasteiger partial charge in [-0.05, 0) is 0 Å². The van der Waals surface area contributed by atoms with Gasteiger partial charge in [0, 0.05) is 0 Å². The van der Waals surface area contributed by atoms with Crippen LogP contribution in [0.2, 0.25) is 0 Å². The average Bonchev–Trinajstić information content (AvgIpc) is 2.00. The molecule has 0 aliphatic carbocycles. The van der Waals surface area contributed by atoms with E-state index in [0.717, 1.165) is 0 Å². The summed E-state index contributed by atoms with van der Waals surface area (Å²) in [4.78, 5) is 20.1. The maximum absolute atomic E-state index is 10.1. The molecule has 6 N–H and O–H groups in total. The van der Waals surface area contributed by atoms with Gasteiger partial charge in [-0.25, -0.2) is 4.79 Å². The van der Waals surface area contributed by atoms with Crippen molar-refractivity contribution in [2.24, 2.45) is 5.73 Å². The minimum atomic E-state index is -2.18. The largest absolute Gasteiger partial charge is 0.480 e. The van der Waals surface area contributed by atoms with Crippen LogP contribution in [0.5, 0.6) is 0 Å². The number of nitrogens with two attached hydrogens (primary N) is 1. The molecule has 3 atom stereocenters. The van der Waals surface area contributed by atoms with E-state index in [2.05, 4.69) is 0 Å². The van der Waals surface area contributed by atoms with Crippen LogP contribution in [0.4, 0.5) is 0 Å². The number of carbonyl (C=O) groups is 2. The van der Waals surface area contributed by atoms with Crippen molar-refractivity contribution < 1.29 is 30.0 Å². The Labute approximate surface area is 67.0 Å². The van der Waals surface area contributed by atoms with Gasteiger partial charge in [-0.15, -0.1) is 0 Å². The zero-order valence-electron chi connectivity index (χ0n) is 5.91. The van der Waals surface area contributed by atoms with Gasteiger partial charge in [-0.3, -0.25) is 4.79 Å². The molecule has 0 rings (SSSR count). The second-order valence-corrected chi connectivity index (χ2v) is 2.14. The van der Waals surface area contributed by atoms with E-state index in [0.29, 0.717) is 0 Å². The number of aliphatic hydroxyl groups excluding tert-OH is 2. The second kappa shape index (κ2) is 4.00. The average molecular weight is 179 g/mol. The molecule has 7 nitrogen and oxygen atoms in total. The van der Waals surface area contributed by atoms with Crippen molar-refractivity contribution in [1.82, 2.24) is 0 Å². The lowest BCUT2D eigenvalue weighted by molar-refractivity contribution is -0.156. The van der Waals surface area contributed by atoms with Gasteiger partial charge in [0.15, 0.2) is 6.10 Å². The Balaban J connectivity index is 4.28. The summed E-state index contributed by atoms with van der Waals surface area (Å²) in [5.41, 5.74) is 4.83. The van der Waals surface area contributed by atoms with Crippen LogP contribution in [0.15, 0.2) is 0 Å². The standard InChI is InChI=1S/C5H9NO6/c6-1(4(9)10)2(7)3(8)5(11)12/h1-3,7-8H,6H2,(H,9,10)(H,11,12)/t1-,2-,3+/m0/s1. The number of carboxylic acid groups (broad SMARTS) is 2. The van der Waals surface area contributed by atoms with Crippen LogP contribution in [0, 0.1) is 0 Å². The number of aliphatic hydroxyl groups is 2. The van der Waals surface area contributed by atoms with E-state index < -0.39 is 30.2 Å². The van der Waals surface area contributed by atoms with Crippen LogP contribution in [0.25, 0.3) is 0 Å². The summed E-state index contributed by atoms with van der Waals surface area (Å²) in [6.45, 7) is 0. The first-order valence-electron chi connectivity index (χ1n) is 2.95. The number of carboxylic acids is 2. The minimum Gasteiger partial charge on any atom is -0.480 e. The predicted molar refractivity (Wildman–Crippen MR) is 35.3 cm³/mol. The maximum atomic E-state index is 10.1. The summed E-state index contributed by atoms with van der Waals surface area (Å²) >= 11 is 0. The van der Waals surface area contributed by atoms with E-state index in [1.54, 1.807) is 0 Å². The molecule has 0 fully saturated rings. The molecule has 0 aromatic heterocycles. The lowest BCUT2D eigenvalue weighted by Gasteiger charge is -2.16. The number of hydrogen-bond acceptors (Lipinski definition) is 5. The van der Waals surface area contributed by atoms with E-state index in [1.807, 2.05) is 0 Å². The van der Waals surface area contributed by atoms with Gasteiger partial charge in [0.1, 0.15) is 12.1 Å². The van der Waals surface area contributed by atoms with Crippen LogP contribution in [-0.2, 0) is 9.59 Å². The Morgan fingerprint density at radius 2 is 1.50 bits per heavy atom. The van der Waals surface area contributed by atoms with Crippen molar-refractivity contribution in [2.45, 2.75) is 18.2 Å². The van der Waals surface area contributed by atoms with Gasteiger partial charge >= 0.3 is 11.9 Å². The maximum Gasteiger partial charge on any atom is 0.335 e. The summed E-state index contributed by atoms with van der Waals surface area (Å²) in [5, 5.41) is 33.7. The molecule has 12 heavy (non-hydrogen) atoms. The Bertz CT molecular complexity index is 172. The highest BCUT2D eigenvalue weighted by Crippen LogP contribution is 1.98. The first kappa shape index (κ1) is 10.8. The van der Waals surface area contributed by atoms with Gasteiger partial charge in [-0.2, -0.15) is 0 Å². The van der Waals surface area contributed by atoms with E-state index in [4.69, 9.17) is 26.2 Å². The monoisotopic (exact) mass is 179 g/mol. The van der Waals surface area contributed by atoms with E-state index >= 15 is 0 Å². The Kier molecular flexibility index (Phi) is 3.61. The molecule has 0 bridgehead atoms. The van der Waals surface area contributed by atoms with Gasteiger partial charge in [0.25, 0.3) is 0 Å². The first-order valence-corrected chi connectivity index (χ1v) is 2.95. The van der Waals surface area contributed by atoms with Crippen LogP contribution in [-0.4, -0.2) is 50.6 Å². The molecule has 0 saturated carbocycles. The first-order chi connectivity index (χ1) is 5.37. The number of hydrogen-bond donors (Lipinski definition) is 5. The van der Waals surface area contributed by atoms with Gasteiger partial charge in [0.05, 0.1) is 0 Å². The Hall–Kier alpha value is -1.18. The van der Waals surface area contributed by atoms with E-state index in [1.165, 1.54) is 0 Å². The van der Waals surface area contributed by atoms with Gasteiger partial charge < -0.3 is 26.2 Å². The number of rotatable bonds is 4. The minimum absolute atomic E-state index is 1.58. The summed E-state index contributed by atoms with van der Waals surface area (Å²) in [5.74, 6) is -3.30. The molecule has 0 amide bonds. The third kappa shape index (κ3) is 2.46.